The van der Waals surface area contributed by atoms with Crippen LogP contribution in [0.2, 0.25) is 0 Å². The molecule has 0 amide bonds. The van der Waals surface area contributed by atoms with Gasteiger partial charge < -0.3 is 9.47 Å². The highest BCUT2D eigenvalue weighted by molar-refractivity contribution is 14.1. The Hall–Kier alpha value is -1.44. The number of carbonyl (C=O) groups excluding carboxylic acids is 3. The molecule has 0 fully saturated rings. The Morgan fingerprint density at radius 3 is 1.85 bits per heavy atom. The Balaban J connectivity index is 3.03. The number of carbonyl (C=O) groups is 3. The molecule has 0 bridgehead atoms. The van der Waals surface area contributed by atoms with Gasteiger partial charge >= 0.3 is 11.9 Å². The maximum atomic E-state index is 12.3. The molecule has 1 aromatic rings. The van der Waals surface area contributed by atoms with Crippen LogP contribution >= 0.6 is 22.6 Å². The number of hydrogen-bond donors (Lipinski definition) is 0. The number of Topliss-reactive ketones (excluding diaryl/α,β-unsaturated/α-hetero) is 1. The number of esters is 2. The molecule has 0 N–H and O–H groups in total. The fourth-order valence-electron chi connectivity index (χ4n) is 1.54. The molecule has 0 aromatic heterocycles. The second-order valence-corrected chi connectivity index (χ2v) is 5.05. The van der Waals surface area contributed by atoms with E-state index in [1.807, 2.05) is 0 Å². The minimum absolute atomic E-state index is 0.0920. The van der Waals surface area contributed by atoms with Crippen molar-refractivity contribution in [2.45, 2.75) is 13.8 Å². The van der Waals surface area contributed by atoms with Crippen LogP contribution < -0.4 is 0 Å². The van der Waals surface area contributed by atoms with Gasteiger partial charge in [0.25, 0.3) is 0 Å². The Kier molecular flexibility index (Phi) is 6.63. The largest absolute Gasteiger partial charge is 0.465 e. The van der Waals surface area contributed by atoms with E-state index >= 15 is 0 Å². The van der Waals surface area contributed by atoms with Gasteiger partial charge in [-0.1, -0.05) is 12.1 Å². The lowest BCUT2D eigenvalue weighted by molar-refractivity contribution is -0.158. The van der Waals surface area contributed by atoms with Crippen molar-refractivity contribution in [3.63, 3.8) is 0 Å². The van der Waals surface area contributed by atoms with Crippen LogP contribution in [0.5, 0.6) is 0 Å². The number of ketones is 1. The Morgan fingerprint density at radius 1 is 1.00 bits per heavy atom. The average molecular weight is 390 g/mol. The van der Waals surface area contributed by atoms with Gasteiger partial charge in [-0.25, -0.2) is 0 Å². The van der Waals surface area contributed by atoms with Crippen LogP contribution in [0.25, 0.3) is 0 Å². The highest BCUT2D eigenvalue weighted by Crippen LogP contribution is 2.15. The molecule has 108 valence electrons. The quantitative estimate of drug-likeness (QED) is 0.323. The van der Waals surface area contributed by atoms with E-state index in [0.717, 1.165) is 3.57 Å². The molecule has 5 nitrogen and oxygen atoms in total. The summed E-state index contributed by atoms with van der Waals surface area (Å²) < 4.78 is 10.5. The van der Waals surface area contributed by atoms with Gasteiger partial charge in [0.15, 0.2) is 5.78 Å². The molecule has 0 aliphatic rings. The lowest BCUT2D eigenvalue weighted by Gasteiger charge is -2.13. The standard InChI is InChI=1S/C14H15IO5/c1-3-19-13(17)11(14(18)20-4-2)12(16)9-5-7-10(15)8-6-9/h5-8,11H,3-4H2,1-2H3. The van der Waals surface area contributed by atoms with Gasteiger partial charge in [0.05, 0.1) is 13.2 Å². The van der Waals surface area contributed by atoms with Crippen molar-refractivity contribution in [1.29, 1.82) is 0 Å². The van der Waals surface area contributed by atoms with Crippen molar-refractivity contribution >= 4 is 40.3 Å². The zero-order valence-electron chi connectivity index (χ0n) is 11.2. The Labute approximate surface area is 130 Å². The molecular weight excluding hydrogens is 375 g/mol. The predicted molar refractivity (Wildman–Crippen MR) is 80.2 cm³/mol. The third-order valence-electron chi connectivity index (χ3n) is 2.44. The molecule has 0 atom stereocenters. The van der Waals surface area contributed by atoms with E-state index in [4.69, 9.17) is 9.47 Å². The van der Waals surface area contributed by atoms with Gasteiger partial charge in [-0.3, -0.25) is 14.4 Å². The van der Waals surface area contributed by atoms with E-state index < -0.39 is 23.6 Å². The first kappa shape index (κ1) is 16.6. The molecule has 0 aliphatic carbocycles. The molecule has 1 rings (SSSR count). The van der Waals surface area contributed by atoms with Crippen LogP contribution in [0.15, 0.2) is 24.3 Å². The molecule has 0 heterocycles. The van der Waals surface area contributed by atoms with Crippen molar-refractivity contribution in [2.75, 3.05) is 13.2 Å². The van der Waals surface area contributed by atoms with E-state index in [2.05, 4.69) is 22.6 Å². The van der Waals surface area contributed by atoms with Gasteiger partial charge in [-0.2, -0.15) is 0 Å². The van der Waals surface area contributed by atoms with Crippen LogP contribution in [-0.4, -0.2) is 30.9 Å². The number of rotatable bonds is 6. The zero-order valence-corrected chi connectivity index (χ0v) is 13.4. The van der Waals surface area contributed by atoms with Crippen molar-refractivity contribution in [3.05, 3.63) is 33.4 Å². The summed E-state index contributed by atoms with van der Waals surface area (Å²) in [5.41, 5.74) is 0.275. The van der Waals surface area contributed by atoms with Crippen LogP contribution in [-0.2, 0) is 19.1 Å². The van der Waals surface area contributed by atoms with Gasteiger partial charge in [-0.15, -0.1) is 0 Å². The van der Waals surface area contributed by atoms with Gasteiger partial charge in [0.1, 0.15) is 0 Å². The summed E-state index contributed by atoms with van der Waals surface area (Å²) in [6, 6.07) is 6.58. The summed E-state index contributed by atoms with van der Waals surface area (Å²) in [5, 5.41) is 0. The Morgan fingerprint density at radius 2 is 1.45 bits per heavy atom. The molecule has 0 saturated heterocycles. The lowest BCUT2D eigenvalue weighted by Crippen LogP contribution is -2.35. The fourth-order valence-corrected chi connectivity index (χ4v) is 1.90. The van der Waals surface area contributed by atoms with Crippen LogP contribution in [0.1, 0.15) is 24.2 Å². The van der Waals surface area contributed by atoms with E-state index in [0.29, 0.717) is 0 Å². The minimum atomic E-state index is -1.56. The Bertz CT molecular complexity index is 477. The minimum Gasteiger partial charge on any atom is -0.465 e. The molecule has 0 radical (unpaired) electrons. The van der Waals surface area contributed by atoms with E-state index in [1.54, 1.807) is 38.1 Å². The summed E-state index contributed by atoms with van der Waals surface area (Å²) in [7, 11) is 0. The number of halogens is 1. The molecule has 0 saturated carbocycles. The topological polar surface area (TPSA) is 69.7 Å². The number of benzene rings is 1. The van der Waals surface area contributed by atoms with Crippen LogP contribution in [0.4, 0.5) is 0 Å². The maximum absolute atomic E-state index is 12.3. The third kappa shape index (κ3) is 4.29. The van der Waals surface area contributed by atoms with Crippen LogP contribution in [0.3, 0.4) is 0 Å². The molecule has 1 aromatic carbocycles. The molecular formula is C14H15IO5. The normalized spacial score (nSPS) is 10.2. The van der Waals surface area contributed by atoms with Gasteiger partial charge in [-0.05, 0) is 48.6 Å². The van der Waals surface area contributed by atoms with Gasteiger partial charge in [0, 0.05) is 9.13 Å². The SMILES string of the molecule is CCOC(=O)C(C(=O)OCC)C(=O)c1ccc(I)cc1. The van der Waals surface area contributed by atoms with Crippen molar-refractivity contribution in [1.82, 2.24) is 0 Å². The van der Waals surface area contributed by atoms with Crippen molar-refractivity contribution in [2.24, 2.45) is 5.92 Å². The average Bonchev–Trinajstić information content (AvgIpc) is 2.40. The monoisotopic (exact) mass is 390 g/mol. The van der Waals surface area contributed by atoms with Crippen molar-refractivity contribution < 1.29 is 23.9 Å². The predicted octanol–water partition coefficient (Wildman–Crippen LogP) is 2.22. The van der Waals surface area contributed by atoms with E-state index in [1.165, 1.54) is 0 Å². The summed E-state index contributed by atoms with van der Waals surface area (Å²) >= 11 is 2.10. The first-order valence-electron chi connectivity index (χ1n) is 6.14. The summed E-state index contributed by atoms with van der Waals surface area (Å²) in [5.74, 6) is -3.93. The first-order chi connectivity index (χ1) is 9.51. The highest BCUT2D eigenvalue weighted by Gasteiger charge is 2.37. The lowest BCUT2D eigenvalue weighted by atomic mass is 9.98. The van der Waals surface area contributed by atoms with Gasteiger partial charge in [0.2, 0.25) is 5.92 Å². The zero-order chi connectivity index (χ0) is 15.1. The second-order valence-electron chi connectivity index (χ2n) is 3.81. The fraction of sp³-hybridized carbons (Fsp3) is 0.357. The maximum Gasteiger partial charge on any atom is 0.328 e. The van der Waals surface area contributed by atoms with E-state index in [9.17, 15) is 14.4 Å². The smallest absolute Gasteiger partial charge is 0.328 e. The molecule has 0 spiro atoms. The molecule has 20 heavy (non-hydrogen) atoms. The first-order valence-corrected chi connectivity index (χ1v) is 7.22. The van der Waals surface area contributed by atoms with Crippen LogP contribution in [0, 0.1) is 9.49 Å². The molecule has 0 aliphatic heterocycles. The summed E-state index contributed by atoms with van der Waals surface area (Å²) in [6.07, 6.45) is 0. The summed E-state index contributed by atoms with van der Waals surface area (Å²) in [6.45, 7) is 3.40. The number of ether oxygens (including phenoxy) is 2. The van der Waals surface area contributed by atoms with E-state index in [-0.39, 0.29) is 18.8 Å². The highest BCUT2D eigenvalue weighted by atomic mass is 127. The molecule has 0 unspecified atom stereocenters. The summed E-state index contributed by atoms with van der Waals surface area (Å²) in [4.78, 5) is 35.9. The molecule has 6 heteroatoms. The third-order valence-corrected chi connectivity index (χ3v) is 3.15. The second kappa shape index (κ2) is 7.98. The van der Waals surface area contributed by atoms with Crippen molar-refractivity contribution in [3.8, 4) is 0 Å². The number of hydrogen-bond acceptors (Lipinski definition) is 5.